The third-order valence-corrected chi connectivity index (χ3v) is 4.30. The van der Waals surface area contributed by atoms with Crippen molar-refractivity contribution in [3.63, 3.8) is 0 Å². The van der Waals surface area contributed by atoms with E-state index in [1.54, 1.807) is 0 Å². The Morgan fingerprint density at radius 3 is 2.20 bits per heavy atom. The standard InChI is InChI=1S/C19H21Cl2NO3/c20-9-1-11-23-15-5-3-14(4-6-15)19-22-17-8-7-16(13-18(17)25-19)24-12-2-10-21/h3-8,13,19,22H,1-2,9-12H2. The number of benzene rings is 2. The maximum absolute atomic E-state index is 6.00. The lowest BCUT2D eigenvalue weighted by Crippen LogP contribution is -2.10. The number of hydrogen-bond acceptors (Lipinski definition) is 4. The first kappa shape index (κ1) is 18.0. The topological polar surface area (TPSA) is 39.7 Å². The van der Waals surface area contributed by atoms with Crippen LogP contribution in [0.15, 0.2) is 42.5 Å². The summed E-state index contributed by atoms with van der Waals surface area (Å²) in [5.74, 6) is 3.61. The average molecular weight is 382 g/mol. The Labute approximate surface area is 158 Å². The summed E-state index contributed by atoms with van der Waals surface area (Å²) < 4.78 is 17.3. The summed E-state index contributed by atoms with van der Waals surface area (Å²) in [5.41, 5.74) is 1.99. The van der Waals surface area contributed by atoms with E-state index in [4.69, 9.17) is 37.4 Å². The summed E-state index contributed by atoms with van der Waals surface area (Å²) in [6, 6.07) is 13.7. The smallest absolute Gasteiger partial charge is 0.196 e. The molecule has 6 heteroatoms. The first-order chi connectivity index (χ1) is 12.3. The van der Waals surface area contributed by atoms with Crippen molar-refractivity contribution in [2.24, 2.45) is 0 Å². The number of anilines is 1. The minimum absolute atomic E-state index is 0.218. The highest BCUT2D eigenvalue weighted by Crippen LogP contribution is 2.40. The third kappa shape index (κ3) is 4.86. The van der Waals surface area contributed by atoms with Crippen molar-refractivity contribution < 1.29 is 14.2 Å². The number of nitrogens with one attached hydrogen (secondary N) is 1. The van der Waals surface area contributed by atoms with Gasteiger partial charge in [0.2, 0.25) is 0 Å². The molecule has 0 bridgehead atoms. The fourth-order valence-electron chi connectivity index (χ4n) is 2.49. The lowest BCUT2D eigenvalue weighted by atomic mass is 10.2. The van der Waals surface area contributed by atoms with E-state index in [-0.39, 0.29) is 6.23 Å². The zero-order valence-electron chi connectivity index (χ0n) is 13.8. The molecule has 1 unspecified atom stereocenters. The highest BCUT2D eigenvalue weighted by atomic mass is 35.5. The number of halogens is 2. The lowest BCUT2D eigenvalue weighted by Gasteiger charge is -2.12. The summed E-state index contributed by atoms with van der Waals surface area (Å²) in [4.78, 5) is 0. The number of fused-ring (bicyclic) bond motifs is 1. The Balaban J connectivity index is 1.59. The number of ether oxygens (including phenoxy) is 3. The first-order valence-corrected chi connectivity index (χ1v) is 9.42. The van der Waals surface area contributed by atoms with E-state index in [1.165, 1.54) is 0 Å². The summed E-state index contributed by atoms with van der Waals surface area (Å²) in [6.07, 6.45) is 1.44. The van der Waals surface area contributed by atoms with Gasteiger partial charge in [0.1, 0.15) is 17.2 Å². The molecule has 1 N–H and O–H groups in total. The molecule has 0 aromatic heterocycles. The first-order valence-electron chi connectivity index (χ1n) is 8.35. The van der Waals surface area contributed by atoms with Crippen LogP contribution in [-0.4, -0.2) is 25.0 Å². The molecule has 0 amide bonds. The van der Waals surface area contributed by atoms with E-state index < -0.39 is 0 Å². The molecule has 0 radical (unpaired) electrons. The fourth-order valence-corrected chi connectivity index (χ4v) is 2.70. The van der Waals surface area contributed by atoms with Crippen molar-refractivity contribution >= 4 is 28.9 Å². The van der Waals surface area contributed by atoms with Crippen LogP contribution in [0.3, 0.4) is 0 Å². The SMILES string of the molecule is ClCCCOc1ccc(C2Nc3ccc(OCCCCl)cc3O2)cc1. The van der Waals surface area contributed by atoms with Crippen molar-refractivity contribution in [2.45, 2.75) is 19.1 Å². The van der Waals surface area contributed by atoms with E-state index in [2.05, 4.69) is 5.32 Å². The second-order valence-corrected chi connectivity index (χ2v) is 6.41. The van der Waals surface area contributed by atoms with E-state index in [0.717, 1.165) is 41.3 Å². The molecule has 4 nitrogen and oxygen atoms in total. The minimum Gasteiger partial charge on any atom is -0.494 e. The molecule has 0 aliphatic carbocycles. The predicted molar refractivity (Wildman–Crippen MR) is 102 cm³/mol. The number of hydrogen-bond donors (Lipinski definition) is 1. The quantitative estimate of drug-likeness (QED) is 0.478. The van der Waals surface area contributed by atoms with Crippen molar-refractivity contribution in [1.29, 1.82) is 0 Å². The van der Waals surface area contributed by atoms with Crippen LogP contribution in [0, 0.1) is 0 Å². The molecule has 25 heavy (non-hydrogen) atoms. The second-order valence-electron chi connectivity index (χ2n) is 5.65. The highest BCUT2D eigenvalue weighted by Gasteiger charge is 2.23. The van der Waals surface area contributed by atoms with Crippen molar-refractivity contribution in [3.8, 4) is 17.2 Å². The Hall–Kier alpha value is -1.78. The molecule has 1 aliphatic rings. The van der Waals surface area contributed by atoms with E-state index in [9.17, 15) is 0 Å². The maximum Gasteiger partial charge on any atom is 0.196 e. The van der Waals surface area contributed by atoms with Gasteiger partial charge in [-0.3, -0.25) is 0 Å². The zero-order valence-corrected chi connectivity index (χ0v) is 15.4. The summed E-state index contributed by atoms with van der Waals surface area (Å²) >= 11 is 11.3. The molecule has 2 aromatic carbocycles. The largest absolute Gasteiger partial charge is 0.494 e. The van der Waals surface area contributed by atoms with Crippen LogP contribution in [0.25, 0.3) is 0 Å². The van der Waals surface area contributed by atoms with Crippen LogP contribution in [-0.2, 0) is 0 Å². The molecule has 0 saturated heterocycles. The number of rotatable bonds is 9. The summed E-state index contributed by atoms with van der Waals surface area (Å²) in [6.45, 7) is 1.23. The van der Waals surface area contributed by atoms with Crippen LogP contribution < -0.4 is 19.5 Å². The Bertz CT molecular complexity index is 679. The monoisotopic (exact) mass is 381 g/mol. The fraction of sp³-hybridized carbons (Fsp3) is 0.368. The Morgan fingerprint density at radius 1 is 0.880 bits per heavy atom. The van der Waals surface area contributed by atoms with Gasteiger partial charge in [-0.05, 0) is 49.2 Å². The summed E-state index contributed by atoms with van der Waals surface area (Å²) in [7, 11) is 0. The average Bonchev–Trinajstić information content (AvgIpc) is 3.06. The van der Waals surface area contributed by atoms with E-state index in [0.29, 0.717) is 25.0 Å². The maximum atomic E-state index is 6.00. The number of alkyl halides is 2. The van der Waals surface area contributed by atoms with Crippen LogP contribution in [0.4, 0.5) is 5.69 Å². The van der Waals surface area contributed by atoms with Gasteiger partial charge < -0.3 is 19.5 Å². The van der Waals surface area contributed by atoms with Gasteiger partial charge in [-0.15, -0.1) is 23.2 Å². The predicted octanol–water partition coefficient (Wildman–Crippen LogP) is 5.21. The van der Waals surface area contributed by atoms with Gasteiger partial charge in [-0.2, -0.15) is 0 Å². The van der Waals surface area contributed by atoms with E-state index >= 15 is 0 Å². The molecule has 1 aliphatic heterocycles. The van der Waals surface area contributed by atoms with Gasteiger partial charge in [-0.1, -0.05) is 0 Å². The van der Waals surface area contributed by atoms with Crippen molar-refractivity contribution in [2.75, 3.05) is 30.3 Å². The van der Waals surface area contributed by atoms with Gasteiger partial charge >= 0.3 is 0 Å². The van der Waals surface area contributed by atoms with Crippen molar-refractivity contribution in [1.82, 2.24) is 0 Å². The van der Waals surface area contributed by atoms with Crippen LogP contribution in [0.2, 0.25) is 0 Å². The van der Waals surface area contributed by atoms with Crippen molar-refractivity contribution in [3.05, 3.63) is 48.0 Å². The van der Waals surface area contributed by atoms with Gasteiger partial charge in [0, 0.05) is 23.4 Å². The molecule has 0 saturated carbocycles. The third-order valence-electron chi connectivity index (χ3n) is 3.76. The van der Waals surface area contributed by atoms with Gasteiger partial charge in [0.25, 0.3) is 0 Å². The van der Waals surface area contributed by atoms with Gasteiger partial charge in [0.15, 0.2) is 6.23 Å². The van der Waals surface area contributed by atoms with Crippen LogP contribution in [0.1, 0.15) is 24.6 Å². The molecule has 0 fully saturated rings. The summed E-state index contributed by atoms with van der Waals surface area (Å²) in [5, 5.41) is 3.36. The molecule has 1 atom stereocenters. The zero-order chi connectivity index (χ0) is 17.5. The van der Waals surface area contributed by atoms with E-state index in [1.807, 2.05) is 42.5 Å². The second kappa shape index (κ2) is 9.07. The molecule has 134 valence electrons. The molecule has 1 heterocycles. The highest BCUT2D eigenvalue weighted by molar-refractivity contribution is 6.18. The Kier molecular flexibility index (Phi) is 6.54. The molecular formula is C19H21Cl2NO3. The van der Waals surface area contributed by atoms with Crippen LogP contribution in [0.5, 0.6) is 17.2 Å². The molecule has 3 rings (SSSR count). The minimum atomic E-state index is -0.218. The normalized spacial score (nSPS) is 15.2. The Morgan fingerprint density at radius 2 is 1.52 bits per heavy atom. The molecular weight excluding hydrogens is 361 g/mol. The van der Waals surface area contributed by atoms with Crippen LogP contribution >= 0.6 is 23.2 Å². The molecule has 2 aromatic rings. The van der Waals surface area contributed by atoms with Gasteiger partial charge in [0.05, 0.1) is 18.9 Å². The lowest BCUT2D eigenvalue weighted by molar-refractivity contribution is 0.257. The van der Waals surface area contributed by atoms with Gasteiger partial charge in [-0.25, -0.2) is 0 Å². The molecule has 0 spiro atoms.